The molecule has 3 aliphatic rings. The molecule has 6 atom stereocenters. The molecule has 1 heterocycles. The van der Waals surface area contributed by atoms with Crippen molar-refractivity contribution in [3.63, 3.8) is 0 Å². The van der Waals surface area contributed by atoms with Gasteiger partial charge >= 0.3 is 0 Å². The molecule has 1 amide bonds. The van der Waals surface area contributed by atoms with E-state index in [1.54, 1.807) is 0 Å². The molecule has 2 saturated carbocycles. The summed E-state index contributed by atoms with van der Waals surface area (Å²) < 4.78 is 0. The molecular formula is C29H30N2O. The van der Waals surface area contributed by atoms with Crippen molar-refractivity contribution in [1.29, 1.82) is 0 Å². The topological polar surface area (TPSA) is 41.1 Å². The number of nitrogens with one attached hydrogen (secondary N) is 2. The van der Waals surface area contributed by atoms with Gasteiger partial charge < -0.3 is 10.6 Å². The molecule has 0 unspecified atom stereocenters. The van der Waals surface area contributed by atoms with Crippen LogP contribution in [0.2, 0.25) is 0 Å². The van der Waals surface area contributed by atoms with Crippen LogP contribution in [0.3, 0.4) is 0 Å². The molecular weight excluding hydrogens is 392 g/mol. The van der Waals surface area contributed by atoms with Crippen LogP contribution in [0.5, 0.6) is 0 Å². The van der Waals surface area contributed by atoms with E-state index < -0.39 is 0 Å². The summed E-state index contributed by atoms with van der Waals surface area (Å²) in [6.07, 6.45) is 4.01. The van der Waals surface area contributed by atoms with Gasteiger partial charge in [-0.3, -0.25) is 4.79 Å². The molecule has 2 bridgehead atoms. The molecule has 32 heavy (non-hydrogen) atoms. The van der Waals surface area contributed by atoms with Crippen molar-refractivity contribution < 1.29 is 4.79 Å². The number of carbonyl (C=O) groups excluding carboxylic acids is 1. The van der Waals surface area contributed by atoms with Gasteiger partial charge in [-0.1, -0.05) is 60.7 Å². The fourth-order valence-corrected chi connectivity index (χ4v) is 6.72. The monoisotopic (exact) mass is 422 g/mol. The zero-order valence-electron chi connectivity index (χ0n) is 18.5. The first-order valence-electron chi connectivity index (χ1n) is 12.0. The lowest BCUT2D eigenvalue weighted by Crippen LogP contribution is -2.36. The maximum atomic E-state index is 13.1. The van der Waals surface area contributed by atoms with Crippen LogP contribution in [0.15, 0.2) is 78.9 Å². The summed E-state index contributed by atoms with van der Waals surface area (Å²) in [6, 6.07) is 27.7. The summed E-state index contributed by atoms with van der Waals surface area (Å²) in [7, 11) is 0. The third-order valence-corrected chi connectivity index (χ3v) is 8.16. The molecule has 3 heteroatoms. The molecule has 0 spiro atoms. The van der Waals surface area contributed by atoms with Gasteiger partial charge in [0.05, 0.1) is 12.1 Å². The van der Waals surface area contributed by atoms with Crippen molar-refractivity contribution in [2.75, 3.05) is 5.32 Å². The highest BCUT2D eigenvalue weighted by Gasteiger charge is 2.53. The van der Waals surface area contributed by atoms with E-state index in [0.717, 1.165) is 23.0 Å². The first-order chi connectivity index (χ1) is 15.7. The van der Waals surface area contributed by atoms with E-state index in [0.29, 0.717) is 17.9 Å². The summed E-state index contributed by atoms with van der Waals surface area (Å²) in [4.78, 5) is 13.1. The number of rotatable bonds is 4. The highest BCUT2D eigenvalue weighted by atomic mass is 16.1. The van der Waals surface area contributed by atoms with Crippen LogP contribution in [0, 0.1) is 17.8 Å². The molecule has 0 radical (unpaired) electrons. The standard InChI is InChI=1S/C29H30N2O/c1-18(19-8-4-2-5-9-19)30-29(32)23-14-15-25-24(17-23)26-21-12-13-22(16-21)27(26)28(31-25)20-10-6-3-7-11-20/h2-11,14-15,17-18,21-22,26-28,31H,12-13,16H2,1H3,(H,30,32)/t18-,21-,22-,26-,27+,28+/m1/s1. The Bertz CT molecular complexity index is 1130. The maximum Gasteiger partial charge on any atom is 0.251 e. The van der Waals surface area contributed by atoms with E-state index in [2.05, 4.69) is 65.2 Å². The van der Waals surface area contributed by atoms with E-state index in [-0.39, 0.29) is 11.9 Å². The normalized spacial score (nSPS) is 28.3. The lowest BCUT2D eigenvalue weighted by Gasteiger charge is -2.43. The second kappa shape index (κ2) is 7.81. The van der Waals surface area contributed by atoms with Crippen LogP contribution in [0.25, 0.3) is 0 Å². The Labute approximate surface area is 190 Å². The van der Waals surface area contributed by atoms with Crippen molar-refractivity contribution in [3.8, 4) is 0 Å². The predicted octanol–water partition coefficient (Wildman–Crippen LogP) is 6.47. The average molecular weight is 423 g/mol. The number of amides is 1. The smallest absolute Gasteiger partial charge is 0.251 e. The van der Waals surface area contributed by atoms with Crippen LogP contribution in [0.4, 0.5) is 5.69 Å². The Kier molecular flexibility index (Phi) is 4.78. The van der Waals surface area contributed by atoms with E-state index in [4.69, 9.17) is 0 Å². The van der Waals surface area contributed by atoms with Crippen molar-refractivity contribution in [2.45, 2.75) is 44.2 Å². The summed E-state index contributed by atoms with van der Waals surface area (Å²) in [5, 5.41) is 7.06. The largest absolute Gasteiger partial charge is 0.378 e. The summed E-state index contributed by atoms with van der Waals surface area (Å²) in [6.45, 7) is 2.05. The van der Waals surface area contributed by atoms with Crippen LogP contribution in [0.1, 0.15) is 71.2 Å². The van der Waals surface area contributed by atoms with Gasteiger partial charge in [0, 0.05) is 11.3 Å². The second-order valence-electron chi connectivity index (χ2n) is 9.88. The third kappa shape index (κ3) is 3.23. The molecule has 1 aliphatic heterocycles. The Balaban J connectivity index is 1.31. The number of hydrogen-bond donors (Lipinski definition) is 2. The molecule has 3 nitrogen and oxygen atoms in total. The van der Waals surface area contributed by atoms with Crippen LogP contribution < -0.4 is 10.6 Å². The minimum Gasteiger partial charge on any atom is -0.378 e. The van der Waals surface area contributed by atoms with E-state index in [1.165, 1.54) is 36.1 Å². The molecule has 2 fully saturated rings. The summed E-state index contributed by atoms with van der Waals surface area (Å²) >= 11 is 0. The first-order valence-corrected chi connectivity index (χ1v) is 12.0. The van der Waals surface area contributed by atoms with Gasteiger partial charge in [0.1, 0.15) is 0 Å². The van der Waals surface area contributed by atoms with Crippen LogP contribution in [-0.4, -0.2) is 5.91 Å². The van der Waals surface area contributed by atoms with Crippen molar-refractivity contribution >= 4 is 11.6 Å². The molecule has 2 aliphatic carbocycles. The van der Waals surface area contributed by atoms with Gasteiger partial charge in [-0.15, -0.1) is 0 Å². The average Bonchev–Trinajstić information content (AvgIpc) is 3.47. The molecule has 6 rings (SSSR count). The lowest BCUT2D eigenvalue weighted by molar-refractivity contribution is 0.0939. The van der Waals surface area contributed by atoms with Gasteiger partial charge in [-0.05, 0) is 84.7 Å². The second-order valence-corrected chi connectivity index (χ2v) is 9.88. The molecule has 2 N–H and O–H groups in total. The van der Waals surface area contributed by atoms with Crippen molar-refractivity contribution in [3.05, 3.63) is 101 Å². The highest BCUT2D eigenvalue weighted by Crippen LogP contribution is 2.63. The number of carbonyl (C=O) groups is 1. The predicted molar refractivity (Wildman–Crippen MR) is 129 cm³/mol. The zero-order chi connectivity index (χ0) is 21.7. The van der Waals surface area contributed by atoms with Crippen molar-refractivity contribution in [2.24, 2.45) is 17.8 Å². The van der Waals surface area contributed by atoms with Gasteiger partial charge in [0.25, 0.3) is 5.91 Å². The fraction of sp³-hybridized carbons (Fsp3) is 0.345. The van der Waals surface area contributed by atoms with Crippen LogP contribution in [-0.2, 0) is 0 Å². The highest BCUT2D eigenvalue weighted by molar-refractivity contribution is 5.95. The molecule has 0 aromatic heterocycles. The minimum absolute atomic E-state index is 0.00837. The quantitative estimate of drug-likeness (QED) is 0.506. The molecule has 0 saturated heterocycles. The van der Waals surface area contributed by atoms with Gasteiger partial charge in [-0.2, -0.15) is 0 Å². The maximum absolute atomic E-state index is 13.1. The van der Waals surface area contributed by atoms with Crippen molar-refractivity contribution in [1.82, 2.24) is 5.32 Å². The molecule has 3 aromatic rings. The first kappa shape index (κ1) is 19.6. The van der Waals surface area contributed by atoms with Gasteiger partial charge in [0.2, 0.25) is 0 Å². The third-order valence-electron chi connectivity index (χ3n) is 8.16. The van der Waals surface area contributed by atoms with Crippen LogP contribution >= 0.6 is 0 Å². The van der Waals surface area contributed by atoms with Gasteiger partial charge in [-0.25, -0.2) is 0 Å². The Morgan fingerprint density at radius 2 is 1.66 bits per heavy atom. The number of benzene rings is 3. The van der Waals surface area contributed by atoms with Gasteiger partial charge in [0.15, 0.2) is 0 Å². The number of anilines is 1. The SMILES string of the molecule is C[C@@H](NC(=O)c1ccc2c(c1)[C@H]1[C@@H]3CC[C@H](C3)[C@@H]1[C@H](c1ccccc1)N2)c1ccccc1. The number of fused-ring (bicyclic) bond motifs is 7. The summed E-state index contributed by atoms with van der Waals surface area (Å²) in [5.74, 6) is 2.71. The Morgan fingerprint density at radius 1 is 0.938 bits per heavy atom. The van der Waals surface area contributed by atoms with E-state index in [9.17, 15) is 4.79 Å². The Morgan fingerprint density at radius 3 is 2.44 bits per heavy atom. The fourth-order valence-electron chi connectivity index (χ4n) is 6.72. The molecule has 162 valence electrons. The summed E-state index contributed by atoms with van der Waals surface area (Å²) in [5.41, 5.74) is 5.85. The lowest BCUT2D eigenvalue weighted by atomic mass is 9.68. The minimum atomic E-state index is -0.0180. The Hall–Kier alpha value is -3.07. The van der Waals surface area contributed by atoms with E-state index >= 15 is 0 Å². The zero-order valence-corrected chi connectivity index (χ0v) is 18.5. The number of hydrogen-bond acceptors (Lipinski definition) is 2. The molecule has 3 aromatic carbocycles. The van der Waals surface area contributed by atoms with E-state index in [1.807, 2.05) is 31.2 Å².